The number of benzene rings is 1. The molecule has 3 rings (SSSR count). The summed E-state index contributed by atoms with van der Waals surface area (Å²) in [5, 5.41) is 0. The van der Waals surface area contributed by atoms with Gasteiger partial charge >= 0.3 is 0 Å². The summed E-state index contributed by atoms with van der Waals surface area (Å²) in [6, 6.07) is 12.3. The Hall–Kier alpha value is -1.94. The highest BCUT2D eigenvalue weighted by atomic mass is 32.1. The van der Waals surface area contributed by atoms with Crippen LogP contribution in [0.4, 0.5) is 0 Å². The first-order chi connectivity index (χ1) is 11.6. The van der Waals surface area contributed by atoms with Crippen molar-refractivity contribution in [2.75, 3.05) is 6.54 Å². The molecule has 0 unspecified atom stereocenters. The number of ketones is 1. The van der Waals surface area contributed by atoms with Crippen molar-refractivity contribution in [3.8, 4) is 0 Å². The molecule has 1 fully saturated rings. The maximum Gasteiger partial charge on any atom is 0.223 e. The van der Waals surface area contributed by atoms with Crippen molar-refractivity contribution in [1.82, 2.24) is 4.90 Å². The van der Waals surface area contributed by atoms with E-state index in [1.165, 1.54) is 5.56 Å². The molecule has 1 aromatic carbocycles. The molecule has 1 aliphatic heterocycles. The van der Waals surface area contributed by atoms with E-state index in [0.717, 1.165) is 34.7 Å². The fourth-order valence-electron chi connectivity index (χ4n) is 3.49. The van der Waals surface area contributed by atoms with E-state index in [-0.39, 0.29) is 17.7 Å². The summed E-state index contributed by atoms with van der Waals surface area (Å²) in [7, 11) is 0. The highest BCUT2D eigenvalue weighted by molar-refractivity contribution is 7.12. The molecule has 0 aliphatic carbocycles. The fourth-order valence-corrected chi connectivity index (χ4v) is 4.44. The number of amides is 1. The lowest BCUT2D eigenvalue weighted by Gasteiger charge is -2.25. The van der Waals surface area contributed by atoms with E-state index in [4.69, 9.17) is 0 Å². The number of nitrogens with zero attached hydrogens (tertiary/aromatic N) is 1. The first-order valence-corrected chi connectivity index (χ1v) is 9.32. The molecule has 126 valence electrons. The lowest BCUT2D eigenvalue weighted by molar-refractivity contribution is -0.132. The average Bonchev–Trinajstić information content (AvgIpc) is 3.19. The van der Waals surface area contributed by atoms with Gasteiger partial charge in [0.2, 0.25) is 5.91 Å². The zero-order chi connectivity index (χ0) is 17.1. The maximum atomic E-state index is 12.6. The van der Waals surface area contributed by atoms with Crippen molar-refractivity contribution in [3.63, 3.8) is 0 Å². The van der Waals surface area contributed by atoms with Crippen molar-refractivity contribution in [3.05, 3.63) is 57.3 Å². The van der Waals surface area contributed by atoms with Crippen LogP contribution in [0.2, 0.25) is 0 Å². The molecule has 0 spiro atoms. The van der Waals surface area contributed by atoms with Gasteiger partial charge in [-0.1, -0.05) is 30.3 Å². The molecule has 1 aromatic heterocycles. The third-order valence-corrected chi connectivity index (χ3v) is 5.63. The van der Waals surface area contributed by atoms with Crippen molar-refractivity contribution < 1.29 is 9.59 Å². The second-order valence-corrected chi connectivity index (χ2v) is 7.87. The summed E-state index contributed by atoms with van der Waals surface area (Å²) in [6.45, 7) is 4.77. The van der Waals surface area contributed by atoms with Crippen molar-refractivity contribution >= 4 is 23.0 Å². The number of hydrogen-bond donors (Lipinski definition) is 0. The quantitative estimate of drug-likeness (QED) is 0.740. The summed E-state index contributed by atoms with van der Waals surface area (Å²) in [6.07, 6.45) is 2.64. The average molecular weight is 341 g/mol. The number of carbonyl (C=O) groups excluding carboxylic acids is 2. The van der Waals surface area contributed by atoms with Crippen LogP contribution in [0.3, 0.4) is 0 Å². The third kappa shape index (κ3) is 3.59. The molecule has 0 radical (unpaired) electrons. The Morgan fingerprint density at radius 2 is 1.92 bits per heavy atom. The normalized spacial score (nSPS) is 17.2. The van der Waals surface area contributed by atoms with Gasteiger partial charge in [0.1, 0.15) is 0 Å². The summed E-state index contributed by atoms with van der Waals surface area (Å²) in [5.74, 6) is 0.181. The smallest absolute Gasteiger partial charge is 0.223 e. The Morgan fingerprint density at radius 1 is 1.17 bits per heavy atom. The molecule has 3 nitrogen and oxygen atoms in total. The molecule has 0 N–H and O–H groups in total. The molecule has 1 atom stereocenters. The van der Waals surface area contributed by atoms with Gasteiger partial charge in [-0.3, -0.25) is 9.59 Å². The van der Waals surface area contributed by atoms with Crippen LogP contribution in [0.25, 0.3) is 0 Å². The van der Waals surface area contributed by atoms with Crippen LogP contribution in [0, 0.1) is 13.8 Å². The summed E-state index contributed by atoms with van der Waals surface area (Å²) >= 11 is 1.64. The molecule has 2 aromatic rings. The fraction of sp³-hybridized carbons (Fsp3) is 0.400. The number of rotatable bonds is 5. The highest BCUT2D eigenvalue weighted by Crippen LogP contribution is 2.32. The lowest BCUT2D eigenvalue weighted by atomic mass is 10.0. The van der Waals surface area contributed by atoms with Gasteiger partial charge in [0.15, 0.2) is 5.78 Å². The Morgan fingerprint density at radius 3 is 2.58 bits per heavy atom. The second-order valence-electron chi connectivity index (χ2n) is 6.41. The van der Waals surface area contributed by atoms with Gasteiger partial charge < -0.3 is 4.90 Å². The molecule has 1 saturated heterocycles. The Bertz CT molecular complexity index is 735. The number of hydrogen-bond acceptors (Lipinski definition) is 3. The van der Waals surface area contributed by atoms with Gasteiger partial charge in [-0.25, -0.2) is 0 Å². The number of Topliss-reactive ketones (excluding diaryl/α,β-unsaturated/α-hetero) is 1. The Balaban J connectivity index is 1.62. The second kappa shape index (κ2) is 7.31. The molecular formula is C20H23NO2S. The van der Waals surface area contributed by atoms with Crippen LogP contribution in [0.5, 0.6) is 0 Å². The van der Waals surface area contributed by atoms with E-state index in [0.29, 0.717) is 12.8 Å². The van der Waals surface area contributed by atoms with Gasteiger partial charge in [-0.2, -0.15) is 0 Å². The van der Waals surface area contributed by atoms with Crippen LogP contribution < -0.4 is 0 Å². The summed E-state index contributed by atoms with van der Waals surface area (Å²) in [4.78, 5) is 29.2. The third-order valence-electron chi connectivity index (χ3n) is 4.66. The molecular weight excluding hydrogens is 318 g/mol. The molecule has 2 heterocycles. The van der Waals surface area contributed by atoms with Gasteiger partial charge in [-0.15, -0.1) is 11.3 Å². The summed E-state index contributed by atoms with van der Waals surface area (Å²) in [5.41, 5.74) is 1.98. The van der Waals surface area contributed by atoms with E-state index in [9.17, 15) is 9.59 Å². The van der Waals surface area contributed by atoms with E-state index < -0.39 is 0 Å². The van der Waals surface area contributed by atoms with Crippen LogP contribution >= 0.6 is 11.3 Å². The SMILES string of the molecule is Cc1cc(C(=O)CCC(=O)N2CCC[C@@H]2c2ccccc2)c(C)s1. The van der Waals surface area contributed by atoms with Crippen molar-refractivity contribution in [2.45, 2.75) is 45.6 Å². The number of aryl methyl sites for hydroxylation is 2. The monoisotopic (exact) mass is 341 g/mol. The van der Waals surface area contributed by atoms with Gasteiger partial charge in [0, 0.05) is 34.7 Å². The highest BCUT2D eigenvalue weighted by Gasteiger charge is 2.29. The topological polar surface area (TPSA) is 37.4 Å². The van der Waals surface area contributed by atoms with Crippen LogP contribution in [-0.2, 0) is 4.79 Å². The number of carbonyl (C=O) groups is 2. The lowest BCUT2D eigenvalue weighted by Crippen LogP contribution is -2.30. The predicted molar refractivity (Wildman–Crippen MR) is 97.5 cm³/mol. The van der Waals surface area contributed by atoms with Crippen molar-refractivity contribution in [1.29, 1.82) is 0 Å². The van der Waals surface area contributed by atoms with E-state index in [2.05, 4.69) is 12.1 Å². The number of thiophene rings is 1. The molecule has 24 heavy (non-hydrogen) atoms. The molecule has 1 aliphatic rings. The molecule has 0 bridgehead atoms. The molecule has 1 amide bonds. The minimum Gasteiger partial charge on any atom is -0.336 e. The zero-order valence-electron chi connectivity index (χ0n) is 14.2. The Labute approximate surface area is 147 Å². The van der Waals surface area contributed by atoms with Gasteiger partial charge in [0.05, 0.1) is 6.04 Å². The first kappa shape index (κ1) is 16.9. The maximum absolute atomic E-state index is 12.6. The first-order valence-electron chi connectivity index (χ1n) is 8.51. The molecule has 4 heteroatoms. The van der Waals surface area contributed by atoms with E-state index in [1.807, 2.05) is 43.0 Å². The van der Waals surface area contributed by atoms with Crippen molar-refractivity contribution in [2.24, 2.45) is 0 Å². The largest absolute Gasteiger partial charge is 0.336 e. The van der Waals surface area contributed by atoms with Gasteiger partial charge in [0.25, 0.3) is 0 Å². The zero-order valence-corrected chi connectivity index (χ0v) is 15.1. The van der Waals surface area contributed by atoms with Crippen LogP contribution in [0.15, 0.2) is 36.4 Å². The Kier molecular flexibility index (Phi) is 5.14. The van der Waals surface area contributed by atoms with Crippen LogP contribution in [-0.4, -0.2) is 23.1 Å². The standard InChI is InChI=1S/C20H23NO2S/c1-14-13-17(15(2)24-14)19(22)10-11-20(23)21-12-6-9-18(21)16-7-4-3-5-8-16/h3-5,7-8,13,18H,6,9-12H2,1-2H3/t18-/m1/s1. The predicted octanol–water partition coefficient (Wildman–Crippen LogP) is 4.69. The minimum absolute atomic E-state index is 0.0839. The van der Waals surface area contributed by atoms with Crippen LogP contribution in [0.1, 0.15) is 57.4 Å². The van der Waals surface area contributed by atoms with E-state index >= 15 is 0 Å². The summed E-state index contributed by atoms with van der Waals surface area (Å²) < 4.78 is 0. The molecule has 0 saturated carbocycles. The minimum atomic E-state index is 0.0839. The van der Waals surface area contributed by atoms with Gasteiger partial charge in [-0.05, 0) is 38.3 Å². The number of likely N-dealkylation sites (tertiary alicyclic amines) is 1. The van der Waals surface area contributed by atoms with E-state index in [1.54, 1.807) is 11.3 Å².